The van der Waals surface area contributed by atoms with E-state index in [0.29, 0.717) is 11.5 Å². The average Bonchev–Trinajstić information content (AvgIpc) is 2.89. The Hall–Kier alpha value is -2.73. The molecule has 1 aliphatic carbocycles. The number of aryl methyl sites for hydroxylation is 1. The Bertz CT molecular complexity index is 894. The number of phenolic OH excluding ortho intramolecular Hbond substituents is 1. The summed E-state index contributed by atoms with van der Waals surface area (Å²) in [5.41, 5.74) is 3.26. The molecule has 6 nitrogen and oxygen atoms in total. The van der Waals surface area contributed by atoms with Gasteiger partial charge in [-0.25, -0.2) is 0 Å². The van der Waals surface area contributed by atoms with Gasteiger partial charge in [-0.1, -0.05) is 6.07 Å². The van der Waals surface area contributed by atoms with Crippen LogP contribution in [0.1, 0.15) is 23.6 Å². The molecular weight excluding hydrogens is 334 g/mol. The lowest BCUT2D eigenvalue weighted by atomic mass is 9.95. The fourth-order valence-electron chi connectivity index (χ4n) is 3.59. The molecule has 0 bridgehead atoms. The van der Waals surface area contributed by atoms with Crippen molar-refractivity contribution < 1.29 is 19.3 Å². The van der Waals surface area contributed by atoms with E-state index < -0.39 is 0 Å². The second-order valence-electron chi connectivity index (χ2n) is 6.15. The lowest BCUT2D eigenvalue weighted by Crippen LogP contribution is -2.17. The summed E-state index contributed by atoms with van der Waals surface area (Å²) in [5, 5.41) is 13.8. The maximum Gasteiger partial charge on any atom is 0.220 e. The number of hydrogen-bond donors (Lipinski definition) is 2. The normalized spacial score (nSPS) is 15.5. The third-order valence-corrected chi connectivity index (χ3v) is 4.88. The van der Waals surface area contributed by atoms with Gasteiger partial charge in [-0.05, 0) is 54.8 Å². The standard InChI is InChI=1S/C20H23NO5/c1-21-14-7-5-11-9-17(25-3)19(23)20(26-4)18(11)12-6-8-16(24-2)15(22)10-13(12)14/h6,8-10,14,21,23H,5,7H2,1-4H3. The van der Waals surface area contributed by atoms with E-state index in [0.717, 1.165) is 35.1 Å². The van der Waals surface area contributed by atoms with Gasteiger partial charge in [0.05, 0.1) is 21.3 Å². The fraction of sp³-hybridized carbons (Fsp3) is 0.350. The van der Waals surface area contributed by atoms with Crippen molar-refractivity contribution in [3.05, 3.63) is 45.6 Å². The van der Waals surface area contributed by atoms with E-state index in [1.807, 2.05) is 19.2 Å². The first-order valence-corrected chi connectivity index (χ1v) is 8.42. The Morgan fingerprint density at radius 2 is 1.81 bits per heavy atom. The van der Waals surface area contributed by atoms with Crippen LogP contribution >= 0.6 is 0 Å². The first-order valence-electron chi connectivity index (χ1n) is 8.42. The third-order valence-electron chi connectivity index (χ3n) is 4.88. The van der Waals surface area contributed by atoms with Crippen molar-refractivity contribution in [3.63, 3.8) is 0 Å². The van der Waals surface area contributed by atoms with Crippen LogP contribution in [0.25, 0.3) is 11.1 Å². The summed E-state index contributed by atoms with van der Waals surface area (Å²) in [4.78, 5) is 12.5. The summed E-state index contributed by atoms with van der Waals surface area (Å²) in [7, 11) is 6.37. The summed E-state index contributed by atoms with van der Waals surface area (Å²) >= 11 is 0. The van der Waals surface area contributed by atoms with Crippen molar-refractivity contribution in [2.24, 2.45) is 0 Å². The summed E-state index contributed by atoms with van der Waals surface area (Å²) < 4.78 is 16.0. The van der Waals surface area contributed by atoms with E-state index in [4.69, 9.17) is 14.2 Å². The van der Waals surface area contributed by atoms with Gasteiger partial charge in [0.2, 0.25) is 11.2 Å². The number of aromatic hydroxyl groups is 1. The van der Waals surface area contributed by atoms with Gasteiger partial charge in [-0.15, -0.1) is 0 Å². The predicted octanol–water partition coefficient (Wildman–Crippen LogP) is 2.65. The van der Waals surface area contributed by atoms with Crippen molar-refractivity contribution in [1.29, 1.82) is 0 Å². The summed E-state index contributed by atoms with van der Waals surface area (Å²) in [6, 6.07) is 6.92. The Kier molecular flexibility index (Phi) is 5.04. The van der Waals surface area contributed by atoms with Crippen LogP contribution in [0.3, 0.4) is 0 Å². The molecule has 0 saturated carbocycles. The number of phenols is 1. The molecule has 0 amide bonds. The largest absolute Gasteiger partial charge is 0.502 e. The van der Waals surface area contributed by atoms with E-state index in [-0.39, 0.29) is 23.0 Å². The van der Waals surface area contributed by atoms with Gasteiger partial charge >= 0.3 is 0 Å². The van der Waals surface area contributed by atoms with Crippen molar-refractivity contribution in [1.82, 2.24) is 5.32 Å². The number of fused-ring (bicyclic) bond motifs is 3. The Labute approximate surface area is 152 Å². The highest BCUT2D eigenvalue weighted by Crippen LogP contribution is 2.49. The second kappa shape index (κ2) is 7.25. The third kappa shape index (κ3) is 2.86. The Balaban J connectivity index is 2.42. The van der Waals surface area contributed by atoms with Crippen LogP contribution in [0.2, 0.25) is 0 Å². The molecule has 2 N–H and O–H groups in total. The molecule has 0 aromatic heterocycles. The molecule has 6 heteroatoms. The van der Waals surface area contributed by atoms with Gasteiger partial charge in [0.25, 0.3) is 0 Å². The molecule has 1 atom stereocenters. The van der Waals surface area contributed by atoms with E-state index in [2.05, 4.69) is 5.32 Å². The number of benzene rings is 1. The molecule has 0 fully saturated rings. The van der Waals surface area contributed by atoms with E-state index >= 15 is 0 Å². The predicted molar refractivity (Wildman–Crippen MR) is 99.6 cm³/mol. The number of rotatable bonds is 4. The lowest BCUT2D eigenvalue weighted by Gasteiger charge is -2.17. The van der Waals surface area contributed by atoms with Crippen LogP contribution in [0.4, 0.5) is 0 Å². The molecule has 138 valence electrons. The number of hydrogen-bond acceptors (Lipinski definition) is 6. The van der Waals surface area contributed by atoms with E-state index in [1.165, 1.54) is 21.3 Å². The molecule has 0 spiro atoms. The summed E-state index contributed by atoms with van der Waals surface area (Å²) in [5.74, 6) is 0.928. The van der Waals surface area contributed by atoms with Crippen LogP contribution in [-0.4, -0.2) is 33.5 Å². The fourth-order valence-corrected chi connectivity index (χ4v) is 3.59. The smallest absolute Gasteiger partial charge is 0.220 e. The van der Waals surface area contributed by atoms with Crippen LogP contribution in [0.5, 0.6) is 23.0 Å². The Morgan fingerprint density at radius 3 is 2.42 bits per heavy atom. The lowest BCUT2D eigenvalue weighted by molar-refractivity contribution is 0.340. The molecule has 2 aromatic carbocycles. The highest BCUT2D eigenvalue weighted by molar-refractivity contribution is 5.82. The first kappa shape index (κ1) is 18.1. The summed E-state index contributed by atoms with van der Waals surface area (Å²) in [6.45, 7) is 0. The minimum atomic E-state index is -0.186. The number of methoxy groups -OCH3 is 3. The van der Waals surface area contributed by atoms with Gasteiger partial charge in [-0.3, -0.25) is 4.79 Å². The minimum Gasteiger partial charge on any atom is -0.502 e. The first-order chi connectivity index (χ1) is 12.5. The van der Waals surface area contributed by atoms with E-state index in [1.54, 1.807) is 12.1 Å². The van der Waals surface area contributed by atoms with Crippen molar-refractivity contribution >= 4 is 0 Å². The number of ether oxygens (including phenoxy) is 3. The molecule has 0 aliphatic heterocycles. The van der Waals surface area contributed by atoms with Gasteiger partial charge in [-0.2, -0.15) is 0 Å². The van der Waals surface area contributed by atoms with Gasteiger partial charge in [0, 0.05) is 11.6 Å². The van der Waals surface area contributed by atoms with Crippen LogP contribution in [0, 0.1) is 0 Å². The molecule has 3 rings (SSSR count). The highest BCUT2D eigenvalue weighted by Gasteiger charge is 2.27. The average molecular weight is 357 g/mol. The van der Waals surface area contributed by atoms with Crippen molar-refractivity contribution in [3.8, 4) is 34.1 Å². The van der Waals surface area contributed by atoms with Crippen molar-refractivity contribution in [2.45, 2.75) is 18.9 Å². The van der Waals surface area contributed by atoms with Crippen LogP contribution < -0.4 is 25.0 Å². The molecule has 26 heavy (non-hydrogen) atoms. The Morgan fingerprint density at radius 1 is 1.08 bits per heavy atom. The molecule has 2 aromatic rings. The summed E-state index contributed by atoms with van der Waals surface area (Å²) in [6.07, 6.45) is 1.54. The number of nitrogens with one attached hydrogen (secondary N) is 1. The zero-order valence-electron chi connectivity index (χ0n) is 15.4. The molecule has 1 aliphatic rings. The van der Waals surface area contributed by atoms with Gasteiger partial charge in [0.15, 0.2) is 17.2 Å². The minimum absolute atomic E-state index is 0.0138. The quantitative estimate of drug-likeness (QED) is 0.876. The topological polar surface area (TPSA) is 77.0 Å². The molecule has 1 unspecified atom stereocenters. The molecule has 0 saturated heterocycles. The molecule has 0 heterocycles. The monoisotopic (exact) mass is 357 g/mol. The van der Waals surface area contributed by atoms with Gasteiger partial charge < -0.3 is 24.6 Å². The second-order valence-corrected chi connectivity index (χ2v) is 6.15. The molecular formula is C20H23NO5. The van der Waals surface area contributed by atoms with Crippen molar-refractivity contribution in [2.75, 3.05) is 28.4 Å². The highest BCUT2D eigenvalue weighted by atomic mass is 16.5. The maximum atomic E-state index is 12.5. The maximum absolute atomic E-state index is 12.5. The van der Waals surface area contributed by atoms with E-state index in [9.17, 15) is 9.90 Å². The van der Waals surface area contributed by atoms with Crippen LogP contribution in [0.15, 0.2) is 29.1 Å². The van der Waals surface area contributed by atoms with Crippen LogP contribution in [-0.2, 0) is 6.42 Å². The molecule has 0 radical (unpaired) electrons. The van der Waals surface area contributed by atoms with Gasteiger partial charge in [0.1, 0.15) is 0 Å². The SMILES string of the molecule is CNC1CCc2cc(OC)c(O)c(OC)c2-c2ccc(OC)c(=O)cc21. The zero-order valence-corrected chi connectivity index (χ0v) is 15.4. The zero-order chi connectivity index (χ0) is 18.8.